The molecule has 1 aromatic carbocycles. The predicted molar refractivity (Wildman–Crippen MR) is 93.5 cm³/mol. The minimum Gasteiger partial charge on any atom is -0.337 e. The molecule has 1 aliphatic heterocycles. The first-order valence-electron chi connectivity index (χ1n) is 7.88. The third kappa shape index (κ3) is 3.41. The highest BCUT2D eigenvalue weighted by molar-refractivity contribution is 6.31. The molecule has 3 rings (SSSR count). The number of carbonyl (C=O) groups excluding carboxylic acids is 2. The number of carbonyl (C=O) groups is 2. The Hall–Kier alpha value is -2.40. The van der Waals surface area contributed by atoms with Crippen molar-refractivity contribution in [2.24, 2.45) is 0 Å². The van der Waals surface area contributed by atoms with Crippen LogP contribution in [0, 0.1) is 6.92 Å². The van der Waals surface area contributed by atoms with Gasteiger partial charge in [-0.3, -0.25) is 14.6 Å². The van der Waals surface area contributed by atoms with E-state index in [2.05, 4.69) is 10.3 Å². The number of hydrogen-bond donors (Lipinski definition) is 1. The van der Waals surface area contributed by atoms with Gasteiger partial charge in [-0.25, -0.2) is 0 Å². The zero-order valence-electron chi connectivity index (χ0n) is 13.4. The topological polar surface area (TPSA) is 62.3 Å². The predicted octanol–water partition coefficient (Wildman–Crippen LogP) is 3.53. The lowest BCUT2D eigenvalue weighted by Gasteiger charge is -2.15. The molecule has 2 heterocycles. The fourth-order valence-corrected chi connectivity index (χ4v) is 2.88. The van der Waals surface area contributed by atoms with E-state index < -0.39 is 0 Å². The number of amides is 2. The van der Waals surface area contributed by atoms with Crippen molar-refractivity contribution < 1.29 is 9.59 Å². The fraction of sp³-hybridized carbons (Fsp3) is 0.278. The molecule has 6 heteroatoms. The molecule has 0 unspecified atom stereocenters. The summed E-state index contributed by atoms with van der Waals surface area (Å²) < 4.78 is 0. The van der Waals surface area contributed by atoms with Crippen molar-refractivity contribution in [2.75, 3.05) is 18.4 Å². The summed E-state index contributed by atoms with van der Waals surface area (Å²) in [4.78, 5) is 30.7. The van der Waals surface area contributed by atoms with Crippen molar-refractivity contribution in [3.05, 3.63) is 58.4 Å². The Kier molecular flexibility index (Phi) is 4.81. The normalized spacial score (nSPS) is 13.8. The van der Waals surface area contributed by atoms with Crippen LogP contribution in [-0.4, -0.2) is 34.8 Å². The van der Waals surface area contributed by atoms with E-state index in [-0.39, 0.29) is 11.8 Å². The molecule has 1 N–H and O–H groups in total. The molecule has 1 saturated heterocycles. The second kappa shape index (κ2) is 7.01. The molecule has 1 aliphatic rings. The molecular formula is C18H18ClN3O2. The van der Waals surface area contributed by atoms with Gasteiger partial charge in [0.15, 0.2) is 0 Å². The van der Waals surface area contributed by atoms with Crippen LogP contribution in [-0.2, 0) is 0 Å². The van der Waals surface area contributed by atoms with Crippen LogP contribution in [0.15, 0.2) is 36.5 Å². The number of pyridine rings is 1. The number of likely N-dealkylation sites (tertiary alicyclic amines) is 1. The first kappa shape index (κ1) is 16.5. The van der Waals surface area contributed by atoms with Gasteiger partial charge >= 0.3 is 0 Å². The van der Waals surface area contributed by atoms with Crippen molar-refractivity contribution in [1.82, 2.24) is 9.88 Å². The standard InChI is InChI=1S/C18H18ClN3O2/c1-12-14(19)5-4-6-15(12)21-17(23)13-7-8-20-16(11-13)18(24)22-9-2-3-10-22/h4-8,11H,2-3,9-10H2,1H3,(H,21,23). The Bertz CT molecular complexity index is 786. The Morgan fingerprint density at radius 2 is 1.96 bits per heavy atom. The van der Waals surface area contributed by atoms with Gasteiger partial charge in [0.2, 0.25) is 0 Å². The average molecular weight is 344 g/mol. The number of benzene rings is 1. The van der Waals surface area contributed by atoms with E-state index in [0.717, 1.165) is 31.5 Å². The molecule has 124 valence electrons. The van der Waals surface area contributed by atoms with Gasteiger partial charge < -0.3 is 10.2 Å². The van der Waals surface area contributed by atoms with Gasteiger partial charge in [-0.1, -0.05) is 17.7 Å². The van der Waals surface area contributed by atoms with Gasteiger partial charge in [0.25, 0.3) is 11.8 Å². The Morgan fingerprint density at radius 1 is 1.21 bits per heavy atom. The number of halogens is 1. The zero-order chi connectivity index (χ0) is 17.1. The first-order chi connectivity index (χ1) is 11.6. The van der Waals surface area contributed by atoms with Crippen LogP contribution in [0.4, 0.5) is 5.69 Å². The van der Waals surface area contributed by atoms with Gasteiger partial charge in [0.05, 0.1) is 0 Å². The minimum absolute atomic E-state index is 0.124. The Balaban J connectivity index is 1.79. The maximum atomic E-state index is 12.5. The van der Waals surface area contributed by atoms with Crippen LogP contribution in [0.1, 0.15) is 39.3 Å². The molecule has 0 radical (unpaired) electrons. The SMILES string of the molecule is Cc1c(Cl)cccc1NC(=O)c1ccnc(C(=O)N2CCCC2)c1. The summed E-state index contributed by atoms with van der Waals surface area (Å²) in [5, 5.41) is 3.42. The highest BCUT2D eigenvalue weighted by Crippen LogP contribution is 2.23. The van der Waals surface area contributed by atoms with Gasteiger partial charge in [-0.15, -0.1) is 0 Å². The second-order valence-electron chi connectivity index (χ2n) is 5.80. The molecular weight excluding hydrogens is 326 g/mol. The van der Waals surface area contributed by atoms with E-state index >= 15 is 0 Å². The summed E-state index contributed by atoms with van der Waals surface area (Å²) in [5.41, 5.74) is 2.14. The maximum Gasteiger partial charge on any atom is 0.272 e. The molecule has 0 saturated carbocycles. The average Bonchev–Trinajstić information content (AvgIpc) is 3.13. The summed E-state index contributed by atoms with van der Waals surface area (Å²) in [6.45, 7) is 3.34. The first-order valence-corrected chi connectivity index (χ1v) is 8.26. The lowest BCUT2D eigenvalue weighted by Crippen LogP contribution is -2.28. The van der Waals surface area contributed by atoms with Crippen molar-refractivity contribution in [1.29, 1.82) is 0 Å². The lowest BCUT2D eigenvalue weighted by atomic mass is 10.1. The highest BCUT2D eigenvalue weighted by atomic mass is 35.5. The summed E-state index contributed by atoms with van der Waals surface area (Å²) in [6.07, 6.45) is 3.52. The van der Waals surface area contributed by atoms with Crippen LogP contribution in [0.3, 0.4) is 0 Å². The fourth-order valence-electron chi connectivity index (χ4n) is 2.71. The van der Waals surface area contributed by atoms with Gasteiger partial charge in [0.1, 0.15) is 5.69 Å². The van der Waals surface area contributed by atoms with Crippen molar-refractivity contribution >= 4 is 29.1 Å². The summed E-state index contributed by atoms with van der Waals surface area (Å²) >= 11 is 6.07. The molecule has 0 bridgehead atoms. The molecule has 0 spiro atoms. The van der Waals surface area contributed by atoms with E-state index in [1.165, 1.54) is 12.3 Å². The third-order valence-corrected chi connectivity index (χ3v) is 4.56. The highest BCUT2D eigenvalue weighted by Gasteiger charge is 2.21. The van der Waals surface area contributed by atoms with Crippen molar-refractivity contribution in [3.8, 4) is 0 Å². The Labute approximate surface area is 145 Å². The number of aromatic nitrogens is 1. The van der Waals surface area contributed by atoms with Crippen LogP contribution >= 0.6 is 11.6 Å². The minimum atomic E-state index is -0.293. The lowest BCUT2D eigenvalue weighted by molar-refractivity contribution is 0.0787. The number of hydrogen-bond acceptors (Lipinski definition) is 3. The summed E-state index contributed by atoms with van der Waals surface area (Å²) in [5.74, 6) is -0.417. The number of nitrogens with one attached hydrogen (secondary N) is 1. The van der Waals surface area contributed by atoms with Crippen LogP contribution < -0.4 is 5.32 Å². The van der Waals surface area contributed by atoms with E-state index in [1.807, 2.05) is 6.92 Å². The van der Waals surface area contributed by atoms with E-state index in [0.29, 0.717) is 22.0 Å². The molecule has 5 nitrogen and oxygen atoms in total. The molecule has 2 amide bonds. The number of rotatable bonds is 3. The van der Waals surface area contributed by atoms with Crippen molar-refractivity contribution in [2.45, 2.75) is 19.8 Å². The van der Waals surface area contributed by atoms with E-state index in [4.69, 9.17) is 11.6 Å². The van der Waals surface area contributed by atoms with Gasteiger partial charge in [0, 0.05) is 35.6 Å². The molecule has 2 aromatic rings. The second-order valence-corrected chi connectivity index (χ2v) is 6.20. The largest absolute Gasteiger partial charge is 0.337 e. The molecule has 0 atom stereocenters. The number of anilines is 1. The summed E-state index contributed by atoms with van der Waals surface area (Å²) in [6, 6.07) is 8.47. The zero-order valence-corrected chi connectivity index (χ0v) is 14.1. The van der Waals surface area contributed by atoms with Crippen LogP contribution in [0.2, 0.25) is 5.02 Å². The van der Waals surface area contributed by atoms with E-state index in [1.54, 1.807) is 29.2 Å². The Morgan fingerprint density at radius 3 is 2.71 bits per heavy atom. The molecule has 1 aromatic heterocycles. The molecule has 24 heavy (non-hydrogen) atoms. The van der Waals surface area contributed by atoms with Crippen molar-refractivity contribution in [3.63, 3.8) is 0 Å². The van der Waals surface area contributed by atoms with Gasteiger partial charge in [-0.2, -0.15) is 0 Å². The molecule has 1 fully saturated rings. The smallest absolute Gasteiger partial charge is 0.272 e. The van der Waals surface area contributed by atoms with Crippen LogP contribution in [0.5, 0.6) is 0 Å². The van der Waals surface area contributed by atoms with Crippen LogP contribution in [0.25, 0.3) is 0 Å². The molecule has 0 aliphatic carbocycles. The van der Waals surface area contributed by atoms with Gasteiger partial charge in [-0.05, 0) is 49.6 Å². The quantitative estimate of drug-likeness (QED) is 0.927. The maximum absolute atomic E-state index is 12.5. The third-order valence-electron chi connectivity index (χ3n) is 4.15. The van der Waals surface area contributed by atoms with E-state index in [9.17, 15) is 9.59 Å². The number of nitrogens with zero attached hydrogens (tertiary/aromatic N) is 2. The monoisotopic (exact) mass is 343 g/mol. The summed E-state index contributed by atoms with van der Waals surface area (Å²) in [7, 11) is 0.